The maximum absolute atomic E-state index is 12.1. The molecular formula is C13H11F3N2O2. The van der Waals surface area contributed by atoms with Crippen LogP contribution in [0.25, 0.3) is 0 Å². The summed E-state index contributed by atoms with van der Waals surface area (Å²) < 4.78 is 39.8. The van der Waals surface area contributed by atoms with Crippen LogP contribution < -0.4 is 0 Å². The number of nitrogens with zero attached hydrogens (tertiary/aromatic N) is 2. The second kappa shape index (κ2) is 5.56. The van der Waals surface area contributed by atoms with E-state index in [-0.39, 0.29) is 6.42 Å². The average molecular weight is 284 g/mol. The van der Waals surface area contributed by atoms with Crippen molar-refractivity contribution in [2.24, 2.45) is 10.2 Å². The van der Waals surface area contributed by atoms with Crippen molar-refractivity contribution in [1.82, 2.24) is 0 Å². The van der Waals surface area contributed by atoms with Crippen molar-refractivity contribution in [1.29, 1.82) is 0 Å². The van der Waals surface area contributed by atoms with Crippen molar-refractivity contribution in [2.45, 2.75) is 18.6 Å². The van der Waals surface area contributed by atoms with Gasteiger partial charge in [0, 0.05) is 6.42 Å². The van der Waals surface area contributed by atoms with Crippen LogP contribution in [0.2, 0.25) is 0 Å². The molecule has 1 aromatic rings. The Morgan fingerprint density at radius 2 is 1.85 bits per heavy atom. The normalized spacial score (nSPS) is 23.1. The van der Waals surface area contributed by atoms with Crippen LogP contribution in [-0.2, 0) is 4.74 Å². The fraction of sp³-hybridized carbons (Fsp3) is 0.231. The number of halogens is 3. The minimum atomic E-state index is -4.91. The van der Waals surface area contributed by atoms with Gasteiger partial charge in [-0.25, -0.2) is 0 Å². The highest BCUT2D eigenvalue weighted by Crippen LogP contribution is 2.30. The van der Waals surface area contributed by atoms with E-state index in [0.29, 0.717) is 11.4 Å². The zero-order chi connectivity index (χ0) is 14.6. The van der Waals surface area contributed by atoms with Gasteiger partial charge in [0.05, 0.1) is 11.4 Å². The van der Waals surface area contributed by atoms with Crippen LogP contribution in [0.4, 0.5) is 18.9 Å². The second-order valence-electron chi connectivity index (χ2n) is 4.09. The summed E-state index contributed by atoms with van der Waals surface area (Å²) in [6.45, 7) is 0. The average Bonchev–Trinajstić information content (AvgIpc) is 2.37. The van der Waals surface area contributed by atoms with Crippen molar-refractivity contribution in [3.05, 3.63) is 54.3 Å². The molecule has 0 saturated carbocycles. The van der Waals surface area contributed by atoms with Gasteiger partial charge in [0.25, 0.3) is 0 Å². The fourth-order valence-corrected chi connectivity index (χ4v) is 1.56. The lowest BCUT2D eigenvalue weighted by molar-refractivity contribution is -0.395. The molecule has 7 heteroatoms. The monoisotopic (exact) mass is 284 g/mol. The zero-order valence-electron chi connectivity index (χ0n) is 10.2. The van der Waals surface area contributed by atoms with Gasteiger partial charge >= 0.3 is 6.36 Å². The number of ether oxygens (including phenoxy) is 1. The van der Waals surface area contributed by atoms with Crippen LogP contribution in [0.15, 0.2) is 64.5 Å². The molecular weight excluding hydrogens is 273 g/mol. The highest BCUT2D eigenvalue weighted by Gasteiger charge is 2.41. The molecule has 0 aliphatic heterocycles. The zero-order valence-corrected chi connectivity index (χ0v) is 10.2. The lowest BCUT2D eigenvalue weighted by atomic mass is 10.1. The minimum absolute atomic E-state index is 0.351. The van der Waals surface area contributed by atoms with E-state index < -0.39 is 12.1 Å². The van der Waals surface area contributed by atoms with Crippen molar-refractivity contribution >= 4 is 5.69 Å². The number of allylic oxidation sites excluding steroid dienone is 1. The summed E-state index contributed by atoms with van der Waals surface area (Å²) in [6.07, 6.45) is -1.82. The number of aliphatic hydroxyl groups is 1. The van der Waals surface area contributed by atoms with Crippen LogP contribution in [0.5, 0.6) is 0 Å². The minimum Gasteiger partial charge on any atom is -0.362 e. The standard InChI is InChI=1S/C13H11F3N2O2/c14-13(15,16)20-12(19)8-6-11(7-9-12)18-17-10-4-2-1-3-5-10/h1-8,19H,9H2. The summed E-state index contributed by atoms with van der Waals surface area (Å²) in [5.74, 6) is -2.38. The molecule has 1 aliphatic rings. The van der Waals surface area contributed by atoms with E-state index in [0.717, 1.165) is 6.08 Å². The molecule has 0 amide bonds. The van der Waals surface area contributed by atoms with Gasteiger partial charge in [0.15, 0.2) is 5.79 Å². The van der Waals surface area contributed by atoms with Gasteiger partial charge in [-0.1, -0.05) is 24.3 Å². The van der Waals surface area contributed by atoms with Crippen LogP contribution in [0, 0.1) is 0 Å². The molecule has 0 spiro atoms. The van der Waals surface area contributed by atoms with Crippen LogP contribution in [-0.4, -0.2) is 17.3 Å². The van der Waals surface area contributed by atoms with Gasteiger partial charge in [-0.05, 0) is 24.3 Å². The third kappa shape index (κ3) is 4.29. The summed E-state index contributed by atoms with van der Waals surface area (Å²) in [7, 11) is 0. The van der Waals surface area contributed by atoms with Gasteiger partial charge in [0.2, 0.25) is 0 Å². The summed E-state index contributed by atoms with van der Waals surface area (Å²) in [4.78, 5) is 0. The van der Waals surface area contributed by atoms with Gasteiger partial charge < -0.3 is 5.11 Å². The van der Waals surface area contributed by atoms with E-state index in [1.54, 1.807) is 24.3 Å². The topological polar surface area (TPSA) is 54.2 Å². The third-order valence-electron chi connectivity index (χ3n) is 2.45. The fourth-order valence-electron chi connectivity index (χ4n) is 1.56. The maximum atomic E-state index is 12.1. The van der Waals surface area contributed by atoms with E-state index in [2.05, 4.69) is 15.0 Å². The van der Waals surface area contributed by atoms with Gasteiger partial charge in [0.1, 0.15) is 0 Å². The number of benzene rings is 1. The molecule has 1 unspecified atom stereocenters. The molecule has 0 bridgehead atoms. The van der Waals surface area contributed by atoms with Crippen molar-refractivity contribution in [3.8, 4) is 0 Å². The Kier molecular flexibility index (Phi) is 4.01. The van der Waals surface area contributed by atoms with E-state index in [1.165, 1.54) is 12.2 Å². The maximum Gasteiger partial charge on any atom is 0.525 e. The molecule has 1 N–H and O–H groups in total. The molecule has 1 aromatic carbocycles. The molecule has 0 heterocycles. The molecule has 0 saturated heterocycles. The van der Waals surface area contributed by atoms with E-state index in [9.17, 15) is 18.3 Å². The molecule has 20 heavy (non-hydrogen) atoms. The van der Waals surface area contributed by atoms with Gasteiger partial charge in [-0.15, -0.1) is 13.2 Å². The second-order valence-corrected chi connectivity index (χ2v) is 4.09. The first kappa shape index (κ1) is 14.4. The first-order valence-electron chi connectivity index (χ1n) is 5.72. The Labute approximate surface area is 112 Å². The molecule has 0 fully saturated rings. The van der Waals surface area contributed by atoms with Crippen LogP contribution in [0.1, 0.15) is 6.42 Å². The molecule has 0 aromatic heterocycles. The Morgan fingerprint density at radius 1 is 1.15 bits per heavy atom. The quantitative estimate of drug-likeness (QED) is 0.677. The van der Waals surface area contributed by atoms with Crippen molar-refractivity contribution in [2.75, 3.05) is 0 Å². The summed E-state index contributed by atoms with van der Waals surface area (Å²) in [5.41, 5.74) is 0.971. The lowest BCUT2D eigenvalue weighted by Gasteiger charge is -2.26. The molecule has 1 aliphatic carbocycles. The number of hydrogen-bond acceptors (Lipinski definition) is 4. The Hall–Kier alpha value is -1.99. The third-order valence-corrected chi connectivity index (χ3v) is 2.45. The molecule has 1 atom stereocenters. The Balaban J connectivity index is 2.00. The molecule has 0 radical (unpaired) electrons. The van der Waals surface area contributed by atoms with Crippen molar-refractivity contribution in [3.63, 3.8) is 0 Å². The van der Waals surface area contributed by atoms with Gasteiger partial charge in [-0.3, -0.25) is 4.74 Å². The Bertz CT molecular complexity index is 552. The van der Waals surface area contributed by atoms with Crippen molar-refractivity contribution < 1.29 is 23.0 Å². The molecule has 2 rings (SSSR count). The first-order chi connectivity index (χ1) is 9.36. The SMILES string of the molecule is OC1(OC(F)(F)F)C=CC(N=Nc2ccccc2)=CC1. The largest absolute Gasteiger partial charge is 0.525 e. The van der Waals surface area contributed by atoms with E-state index in [1.807, 2.05) is 6.07 Å². The lowest BCUT2D eigenvalue weighted by Crippen LogP contribution is -2.36. The summed E-state index contributed by atoms with van der Waals surface area (Å²) in [6, 6.07) is 8.87. The highest BCUT2D eigenvalue weighted by atomic mass is 19.4. The molecule has 106 valence electrons. The number of rotatable bonds is 3. The number of azo groups is 1. The number of alkyl halides is 3. The smallest absolute Gasteiger partial charge is 0.362 e. The van der Waals surface area contributed by atoms with Crippen LogP contribution >= 0.6 is 0 Å². The van der Waals surface area contributed by atoms with E-state index >= 15 is 0 Å². The van der Waals surface area contributed by atoms with E-state index in [4.69, 9.17) is 0 Å². The predicted octanol–water partition coefficient (Wildman–Crippen LogP) is 3.84. The summed E-state index contributed by atoms with van der Waals surface area (Å²) >= 11 is 0. The molecule has 4 nitrogen and oxygen atoms in total. The first-order valence-corrected chi connectivity index (χ1v) is 5.72. The highest BCUT2D eigenvalue weighted by molar-refractivity contribution is 5.35. The van der Waals surface area contributed by atoms with Gasteiger partial charge in [-0.2, -0.15) is 10.2 Å². The Morgan fingerprint density at radius 3 is 2.40 bits per heavy atom. The van der Waals surface area contributed by atoms with Crippen LogP contribution in [0.3, 0.4) is 0 Å². The number of hydrogen-bond donors (Lipinski definition) is 1. The summed E-state index contributed by atoms with van der Waals surface area (Å²) in [5, 5.41) is 17.3. The predicted molar refractivity (Wildman–Crippen MR) is 64.9 cm³/mol.